The minimum atomic E-state index is 0.118. The average molecular weight is 367 g/mol. The van der Waals surface area contributed by atoms with Gasteiger partial charge in [-0.2, -0.15) is 5.10 Å². The van der Waals surface area contributed by atoms with E-state index in [-0.39, 0.29) is 11.9 Å². The van der Waals surface area contributed by atoms with Crippen LogP contribution in [0.4, 0.5) is 0 Å². The zero-order chi connectivity index (χ0) is 18.1. The Morgan fingerprint density at radius 3 is 3.08 bits per heavy atom. The van der Waals surface area contributed by atoms with Crippen molar-refractivity contribution in [3.8, 4) is 0 Å². The monoisotopic (exact) mass is 367 g/mol. The molecule has 26 heavy (non-hydrogen) atoms. The fraction of sp³-hybridized carbons (Fsp3) is 0.368. The first-order chi connectivity index (χ1) is 12.6. The van der Waals surface area contributed by atoms with E-state index in [0.29, 0.717) is 5.75 Å². The first-order valence-electron chi connectivity index (χ1n) is 8.74. The van der Waals surface area contributed by atoms with Crippen LogP contribution in [0.5, 0.6) is 0 Å². The molecule has 2 heterocycles. The van der Waals surface area contributed by atoms with Gasteiger partial charge in [-0.1, -0.05) is 36.0 Å². The Hall–Kier alpha value is -2.41. The summed E-state index contributed by atoms with van der Waals surface area (Å²) >= 11 is 1.45. The number of rotatable bonds is 4. The van der Waals surface area contributed by atoms with Crippen LogP contribution in [0.25, 0.3) is 11.0 Å². The molecule has 0 unspecified atom stereocenters. The summed E-state index contributed by atoms with van der Waals surface area (Å²) in [6.07, 6.45) is 6.52. The molecule has 0 saturated heterocycles. The van der Waals surface area contributed by atoms with Gasteiger partial charge in [0, 0.05) is 14.1 Å². The zero-order valence-electron chi connectivity index (χ0n) is 14.9. The van der Waals surface area contributed by atoms with Gasteiger partial charge in [0.05, 0.1) is 23.4 Å². The summed E-state index contributed by atoms with van der Waals surface area (Å²) in [4.78, 5) is 23.3. The Kier molecular flexibility index (Phi) is 4.63. The van der Waals surface area contributed by atoms with Crippen LogP contribution in [0, 0.1) is 0 Å². The van der Waals surface area contributed by atoms with Crippen LogP contribution >= 0.6 is 11.8 Å². The van der Waals surface area contributed by atoms with E-state index in [2.05, 4.69) is 39.3 Å². The number of carbonyl (C=O) groups excluding carboxylic acids is 1. The first kappa shape index (κ1) is 17.0. The highest BCUT2D eigenvalue weighted by molar-refractivity contribution is 8.00. The Morgan fingerprint density at radius 2 is 2.19 bits per heavy atom. The van der Waals surface area contributed by atoms with Crippen molar-refractivity contribution in [2.75, 3.05) is 12.8 Å². The van der Waals surface area contributed by atoms with Crippen molar-refractivity contribution >= 4 is 28.7 Å². The van der Waals surface area contributed by atoms with Gasteiger partial charge in [0.15, 0.2) is 5.65 Å². The predicted octanol–water partition coefficient (Wildman–Crippen LogP) is 2.99. The summed E-state index contributed by atoms with van der Waals surface area (Å²) in [7, 11) is 3.76. The highest BCUT2D eigenvalue weighted by atomic mass is 32.2. The number of benzene rings is 1. The minimum Gasteiger partial charge on any atom is -0.338 e. The van der Waals surface area contributed by atoms with E-state index >= 15 is 0 Å². The molecule has 6 nitrogen and oxygen atoms in total. The van der Waals surface area contributed by atoms with Crippen molar-refractivity contribution in [2.45, 2.75) is 30.3 Å². The number of hydrogen-bond acceptors (Lipinski definition) is 5. The number of amides is 1. The molecular formula is C19H21N5OS. The second kappa shape index (κ2) is 7.07. The van der Waals surface area contributed by atoms with E-state index in [9.17, 15) is 4.79 Å². The lowest BCUT2D eigenvalue weighted by Crippen LogP contribution is -2.34. The molecule has 1 amide bonds. The van der Waals surface area contributed by atoms with E-state index in [1.807, 2.05) is 19.0 Å². The third-order valence-electron chi connectivity index (χ3n) is 5.02. The molecule has 0 radical (unpaired) electrons. The summed E-state index contributed by atoms with van der Waals surface area (Å²) < 4.78 is 1.72. The van der Waals surface area contributed by atoms with Crippen LogP contribution in [-0.2, 0) is 18.3 Å². The lowest BCUT2D eigenvalue weighted by molar-refractivity contribution is -0.129. The lowest BCUT2D eigenvalue weighted by atomic mass is 9.87. The summed E-state index contributed by atoms with van der Waals surface area (Å²) in [5.41, 5.74) is 3.43. The van der Waals surface area contributed by atoms with Crippen molar-refractivity contribution < 1.29 is 4.79 Å². The van der Waals surface area contributed by atoms with Crippen molar-refractivity contribution in [3.05, 3.63) is 47.9 Å². The average Bonchev–Trinajstić information content (AvgIpc) is 3.06. The van der Waals surface area contributed by atoms with Gasteiger partial charge in [-0.25, -0.2) is 9.97 Å². The molecule has 134 valence electrons. The summed E-state index contributed by atoms with van der Waals surface area (Å²) in [5.74, 6) is 0.475. The van der Waals surface area contributed by atoms with Crippen LogP contribution in [0.15, 0.2) is 41.8 Å². The second-order valence-corrected chi connectivity index (χ2v) is 7.55. The molecule has 3 aromatic rings. The highest BCUT2D eigenvalue weighted by Gasteiger charge is 2.26. The lowest BCUT2D eigenvalue weighted by Gasteiger charge is -2.33. The molecule has 1 aliphatic rings. The normalized spacial score (nSPS) is 16.5. The largest absolute Gasteiger partial charge is 0.338 e. The van der Waals surface area contributed by atoms with Crippen LogP contribution < -0.4 is 0 Å². The molecule has 0 spiro atoms. The van der Waals surface area contributed by atoms with E-state index < -0.39 is 0 Å². The third-order valence-corrected chi connectivity index (χ3v) is 6.01. The molecule has 0 saturated carbocycles. The topological polar surface area (TPSA) is 63.9 Å². The van der Waals surface area contributed by atoms with E-state index in [4.69, 9.17) is 0 Å². The number of hydrogen-bond donors (Lipinski definition) is 0. The standard InChI is InChI=1S/C19H21N5OS/c1-23(16-9-5-7-13-6-3-4-8-14(13)16)17(25)11-26-19-15-10-22-24(2)18(15)20-12-21-19/h3-4,6,8,10,12,16H,5,7,9,11H2,1-2H3/t16-/m0/s1. The van der Waals surface area contributed by atoms with Gasteiger partial charge in [-0.15, -0.1) is 0 Å². The van der Waals surface area contributed by atoms with Gasteiger partial charge in [-0.3, -0.25) is 9.48 Å². The van der Waals surface area contributed by atoms with E-state index in [0.717, 1.165) is 35.3 Å². The van der Waals surface area contributed by atoms with Crippen LogP contribution in [0.3, 0.4) is 0 Å². The van der Waals surface area contributed by atoms with Gasteiger partial charge in [0.1, 0.15) is 11.4 Å². The Morgan fingerprint density at radius 1 is 1.35 bits per heavy atom. The Labute approximate surface area is 156 Å². The summed E-state index contributed by atoms with van der Waals surface area (Å²) in [6, 6.07) is 8.63. The predicted molar refractivity (Wildman–Crippen MR) is 102 cm³/mol. The first-order valence-corrected chi connectivity index (χ1v) is 9.72. The molecule has 1 aromatic carbocycles. The number of nitrogens with zero attached hydrogens (tertiary/aromatic N) is 5. The zero-order valence-corrected chi connectivity index (χ0v) is 15.7. The molecule has 0 bridgehead atoms. The maximum absolute atomic E-state index is 12.8. The summed E-state index contributed by atoms with van der Waals surface area (Å²) in [6.45, 7) is 0. The van der Waals surface area contributed by atoms with Gasteiger partial charge in [0.25, 0.3) is 0 Å². The SMILES string of the molecule is CN(C(=O)CSc1ncnc2c1cnn2C)[C@H]1CCCc2ccccc21. The molecule has 0 fully saturated rings. The Bertz CT molecular complexity index is 954. The minimum absolute atomic E-state index is 0.118. The van der Waals surface area contributed by atoms with Crippen molar-refractivity contribution in [3.63, 3.8) is 0 Å². The van der Waals surface area contributed by atoms with Crippen LogP contribution in [0.2, 0.25) is 0 Å². The number of aryl methyl sites for hydroxylation is 2. The molecule has 7 heteroatoms. The number of fused-ring (bicyclic) bond motifs is 2. The Balaban J connectivity index is 1.48. The molecule has 1 aliphatic carbocycles. The van der Waals surface area contributed by atoms with Crippen molar-refractivity contribution in [2.24, 2.45) is 7.05 Å². The molecule has 4 rings (SSSR count). The smallest absolute Gasteiger partial charge is 0.233 e. The summed E-state index contributed by atoms with van der Waals surface area (Å²) in [5, 5.41) is 5.91. The van der Waals surface area contributed by atoms with Crippen molar-refractivity contribution in [1.82, 2.24) is 24.6 Å². The third kappa shape index (κ3) is 3.07. The van der Waals surface area contributed by atoms with Gasteiger partial charge >= 0.3 is 0 Å². The van der Waals surface area contributed by atoms with Crippen LogP contribution in [0.1, 0.15) is 30.0 Å². The number of carbonyl (C=O) groups is 1. The fourth-order valence-corrected chi connectivity index (χ4v) is 4.48. The molecule has 0 aliphatic heterocycles. The van der Waals surface area contributed by atoms with E-state index in [1.54, 1.807) is 10.9 Å². The van der Waals surface area contributed by atoms with E-state index in [1.165, 1.54) is 29.2 Å². The quantitative estimate of drug-likeness (QED) is 0.524. The van der Waals surface area contributed by atoms with Gasteiger partial charge in [-0.05, 0) is 30.4 Å². The maximum Gasteiger partial charge on any atom is 0.233 e. The highest BCUT2D eigenvalue weighted by Crippen LogP contribution is 2.34. The number of thioether (sulfide) groups is 1. The van der Waals surface area contributed by atoms with Crippen molar-refractivity contribution in [1.29, 1.82) is 0 Å². The molecule has 1 atom stereocenters. The van der Waals surface area contributed by atoms with Crippen LogP contribution in [-0.4, -0.2) is 43.4 Å². The van der Waals surface area contributed by atoms with Gasteiger partial charge < -0.3 is 4.90 Å². The number of aromatic nitrogens is 4. The van der Waals surface area contributed by atoms with Gasteiger partial charge in [0.2, 0.25) is 5.91 Å². The maximum atomic E-state index is 12.8. The molecule has 0 N–H and O–H groups in total. The molecule has 2 aromatic heterocycles. The molecular weight excluding hydrogens is 346 g/mol. The fourth-order valence-electron chi connectivity index (χ4n) is 3.59. The second-order valence-electron chi connectivity index (χ2n) is 6.58.